The molecule has 0 aromatic heterocycles. The Balaban J connectivity index is 2.29. The third-order valence-corrected chi connectivity index (χ3v) is 2.00. The number of carbonyl (C=O) groups is 1. The fourth-order valence-electron chi connectivity index (χ4n) is 1.10. The van der Waals surface area contributed by atoms with Crippen molar-refractivity contribution in [3.8, 4) is 0 Å². The Morgan fingerprint density at radius 2 is 2.42 bits per heavy atom. The molecule has 1 unspecified atom stereocenters. The Bertz CT molecular complexity index is 170. The lowest BCUT2D eigenvalue weighted by atomic mass is 10.3. The summed E-state index contributed by atoms with van der Waals surface area (Å²) in [6, 6.07) is 0.647. The lowest BCUT2D eigenvalue weighted by Gasteiger charge is -2.17. The van der Waals surface area contributed by atoms with Crippen LogP contribution < -0.4 is 5.32 Å². The van der Waals surface area contributed by atoms with Crippen molar-refractivity contribution in [1.29, 1.82) is 0 Å². The van der Waals surface area contributed by atoms with Gasteiger partial charge in [-0.1, -0.05) is 13.8 Å². The van der Waals surface area contributed by atoms with Gasteiger partial charge in [0, 0.05) is 19.6 Å². The van der Waals surface area contributed by atoms with Gasteiger partial charge in [0.1, 0.15) is 6.61 Å². The average Bonchev–Trinajstić information content (AvgIpc) is 2.30. The van der Waals surface area contributed by atoms with Gasteiger partial charge in [0.15, 0.2) is 0 Å². The molecular formula is C8H16N2O2. The van der Waals surface area contributed by atoms with Crippen LogP contribution in [-0.4, -0.2) is 43.3 Å². The zero-order valence-electron chi connectivity index (χ0n) is 7.83. The minimum atomic E-state index is -0.217. The number of hydrogen-bond acceptors (Lipinski definition) is 3. The van der Waals surface area contributed by atoms with Crippen LogP contribution in [0, 0.1) is 0 Å². The van der Waals surface area contributed by atoms with Crippen LogP contribution in [0.3, 0.4) is 0 Å². The van der Waals surface area contributed by atoms with E-state index in [0.717, 1.165) is 6.54 Å². The van der Waals surface area contributed by atoms with E-state index in [-0.39, 0.29) is 12.1 Å². The van der Waals surface area contributed by atoms with E-state index in [1.165, 1.54) is 0 Å². The summed E-state index contributed by atoms with van der Waals surface area (Å²) in [7, 11) is 1.77. The van der Waals surface area contributed by atoms with Gasteiger partial charge >= 0.3 is 6.09 Å². The molecule has 0 aromatic carbocycles. The summed E-state index contributed by atoms with van der Waals surface area (Å²) in [5, 5.41) is 3.26. The predicted octanol–water partition coefficient (Wildman–Crippen LogP) is 0.435. The van der Waals surface area contributed by atoms with Gasteiger partial charge in [-0.15, -0.1) is 0 Å². The summed E-state index contributed by atoms with van der Waals surface area (Å²) < 4.78 is 4.86. The van der Waals surface area contributed by atoms with E-state index in [1.807, 2.05) is 0 Å². The fraction of sp³-hybridized carbons (Fsp3) is 0.875. The first-order valence-electron chi connectivity index (χ1n) is 4.24. The second kappa shape index (κ2) is 3.76. The Morgan fingerprint density at radius 1 is 1.75 bits per heavy atom. The van der Waals surface area contributed by atoms with Crippen LogP contribution in [0.4, 0.5) is 4.79 Å². The van der Waals surface area contributed by atoms with Crippen molar-refractivity contribution in [2.45, 2.75) is 25.9 Å². The summed E-state index contributed by atoms with van der Waals surface area (Å²) in [6.45, 7) is 5.48. The van der Waals surface area contributed by atoms with Crippen LogP contribution in [-0.2, 0) is 4.74 Å². The molecule has 1 aliphatic rings. The number of ether oxygens (including phenoxy) is 1. The number of likely N-dealkylation sites (N-methyl/N-ethyl adjacent to an activating group) is 1. The fourth-order valence-corrected chi connectivity index (χ4v) is 1.10. The van der Waals surface area contributed by atoms with Crippen LogP contribution in [0.15, 0.2) is 0 Å². The van der Waals surface area contributed by atoms with Crippen LogP contribution in [0.5, 0.6) is 0 Å². The van der Waals surface area contributed by atoms with Gasteiger partial charge in [0.05, 0.1) is 6.04 Å². The number of nitrogens with zero attached hydrogens (tertiary/aromatic N) is 1. The Kier molecular flexibility index (Phi) is 2.92. The number of hydrogen-bond donors (Lipinski definition) is 1. The van der Waals surface area contributed by atoms with Crippen molar-refractivity contribution in [3.63, 3.8) is 0 Å². The molecule has 4 nitrogen and oxygen atoms in total. The second-order valence-electron chi connectivity index (χ2n) is 3.40. The molecule has 12 heavy (non-hydrogen) atoms. The standard InChI is InChI=1S/C8H16N2O2/c1-6(2)9-4-7-5-12-8(11)10(7)3/h6-7,9H,4-5H2,1-3H3. The summed E-state index contributed by atoms with van der Waals surface area (Å²) in [5.41, 5.74) is 0. The summed E-state index contributed by atoms with van der Waals surface area (Å²) in [6.07, 6.45) is -0.217. The largest absolute Gasteiger partial charge is 0.447 e. The quantitative estimate of drug-likeness (QED) is 0.671. The first-order chi connectivity index (χ1) is 5.61. The third-order valence-electron chi connectivity index (χ3n) is 2.00. The maximum atomic E-state index is 10.9. The highest BCUT2D eigenvalue weighted by Crippen LogP contribution is 2.08. The van der Waals surface area contributed by atoms with E-state index in [4.69, 9.17) is 4.74 Å². The molecule has 1 aliphatic heterocycles. The first-order valence-corrected chi connectivity index (χ1v) is 4.24. The molecule has 4 heteroatoms. The van der Waals surface area contributed by atoms with E-state index in [2.05, 4.69) is 19.2 Å². The molecule has 70 valence electrons. The minimum Gasteiger partial charge on any atom is -0.447 e. The molecular weight excluding hydrogens is 156 g/mol. The van der Waals surface area contributed by atoms with Gasteiger partial charge in [-0.05, 0) is 0 Å². The predicted molar refractivity (Wildman–Crippen MR) is 46.0 cm³/mol. The first kappa shape index (κ1) is 9.32. The molecule has 1 rings (SSSR count). The molecule has 0 saturated carbocycles. The van der Waals surface area contributed by atoms with Crippen LogP contribution >= 0.6 is 0 Å². The third kappa shape index (κ3) is 2.11. The van der Waals surface area contributed by atoms with Gasteiger partial charge in [-0.25, -0.2) is 4.79 Å². The van der Waals surface area contributed by atoms with Gasteiger partial charge < -0.3 is 15.0 Å². The van der Waals surface area contributed by atoms with E-state index >= 15 is 0 Å². The highest BCUT2D eigenvalue weighted by Gasteiger charge is 2.28. The van der Waals surface area contributed by atoms with Crippen LogP contribution in [0.1, 0.15) is 13.8 Å². The van der Waals surface area contributed by atoms with Crippen molar-refractivity contribution in [2.75, 3.05) is 20.2 Å². The summed E-state index contributed by atoms with van der Waals surface area (Å²) in [5.74, 6) is 0. The van der Waals surface area contributed by atoms with E-state index in [9.17, 15) is 4.79 Å². The molecule has 1 heterocycles. The average molecular weight is 172 g/mol. The number of nitrogens with one attached hydrogen (secondary N) is 1. The number of cyclic esters (lactones) is 1. The van der Waals surface area contributed by atoms with Crippen LogP contribution in [0.25, 0.3) is 0 Å². The molecule has 1 N–H and O–H groups in total. The Hall–Kier alpha value is -0.770. The van der Waals surface area contributed by atoms with Crippen molar-refractivity contribution >= 4 is 6.09 Å². The van der Waals surface area contributed by atoms with Crippen molar-refractivity contribution in [2.24, 2.45) is 0 Å². The number of rotatable bonds is 3. The lowest BCUT2D eigenvalue weighted by molar-refractivity contribution is 0.163. The van der Waals surface area contributed by atoms with Crippen molar-refractivity contribution in [3.05, 3.63) is 0 Å². The molecule has 0 aromatic rings. The smallest absolute Gasteiger partial charge is 0.409 e. The van der Waals surface area contributed by atoms with Gasteiger partial charge in [-0.3, -0.25) is 0 Å². The molecule has 1 fully saturated rings. The highest BCUT2D eigenvalue weighted by molar-refractivity contribution is 5.69. The van der Waals surface area contributed by atoms with E-state index < -0.39 is 0 Å². The second-order valence-corrected chi connectivity index (χ2v) is 3.40. The molecule has 1 atom stereocenters. The molecule has 1 saturated heterocycles. The molecule has 0 radical (unpaired) electrons. The van der Waals surface area contributed by atoms with E-state index in [1.54, 1.807) is 11.9 Å². The van der Waals surface area contributed by atoms with Gasteiger partial charge in [0.25, 0.3) is 0 Å². The topological polar surface area (TPSA) is 41.6 Å². The molecule has 0 bridgehead atoms. The minimum absolute atomic E-state index is 0.194. The van der Waals surface area contributed by atoms with Gasteiger partial charge in [0.2, 0.25) is 0 Å². The monoisotopic (exact) mass is 172 g/mol. The molecule has 0 spiro atoms. The zero-order valence-corrected chi connectivity index (χ0v) is 7.83. The highest BCUT2D eigenvalue weighted by atomic mass is 16.6. The summed E-state index contributed by atoms with van der Waals surface area (Å²) in [4.78, 5) is 12.5. The van der Waals surface area contributed by atoms with Crippen molar-refractivity contribution < 1.29 is 9.53 Å². The summed E-state index contributed by atoms with van der Waals surface area (Å²) >= 11 is 0. The van der Waals surface area contributed by atoms with Gasteiger partial charge in [-0.2, -0.15) is 0 Å². The maximum absolute atomic E-state index is 10.9. The Morgan fingerprint density at radius 3 is 2.83 bits per heavy atom. The van der Waals surface area contributed by atoms with Crippen molar-refractivity contribution in [1.82, 2.24) is 10.2 Å². The maximum Gasteiger partial charge on any atom is 0.409 e. The SMILES string of the molecule is CC(C)NCC1COC(=O)N1C. The number of amides is 1. The number of carbonyl (C=O) groups excluding carboxylic acids is 1. The molecule has 0 aliphatic carbocycles. The van der Waals surface area contributed by atoms with Crippen LogP contribution in [0.2, 0.25) is 0 Å². The zero-order chi connectivity index (χ0) is 9.14. The lowest BCUT2D eigenvalue weighted by Crippen LogP contribution is -2.40. The Labute approximate surface area is 72.9 Å². The normalized spacial score (nSPS) is 23.5. The molecule has 1 amide bonds. The van der Waals surface area contributed by atoms with E-state index in [0.29, 0.717) is 12.6 Å².